The third kappa shape index (κ3) is 3.70. The number of aromatic nitrogens is 1. The summed E-state index contributed by atoms with van der Waals surface area (Å²) in [6.07, 6.45) is 4.98. The van der Waals surface area contributed by atoms with E-state index in [-0.39, 0.29) is 23.8 Å². The van der Waals surface area contributed by atoms with E-state index in [0.29, 0.717) is 17.1 Å². The molecule has 29 heavy (non-hydrogen) atoms. The zero-order valence-electron chi connectivity index (χ0n) is 15.5. The van der Waals surface area contributed by atoms with Crippen LogP contribution in [0, 0.1) is 17.0 Å². The molecule has 144 valence electrons. The number of Topliss-reactive ketones (excluding diaryl/α,β-unsaturated/α-hetero) is 1. The fourth-order valence-electron chi connectivity index (χ4n) is 3.01. The summed E-state index contributed by atoms with van der Waals surface area (Å²) in [4.78, 5) is 26.9. The van der Waals surface area contributed by atoms with Crippen LogP contribution in [0.15, 0.2) is 66.7 Å². The maximum absolute atomic E-state index is 12.6. The number of non-ortho nitro benzene ring substituents is 1. The van der Waals surface area contributed by atoms with Crippen LogP contribution in [0.3, 0.4) is 0 Å². The number of pyridine rings is 1. The maximum atomic E-state index is 12.6. The smallest absolute Gasteiger partial charge is 0.269 e. The average molecular weight is 388 g/mol. The molecule has 0 saturated carbocycles. The molecule has 0 saturated heterocycles. The number of allylic oxidation sites excluding steroid dienone is 1. The Morgan fingerprint density at radius 1 is 1.10 bits per heavy atom. The van der Waals surface area contributed by atoms with Gasteiger partial charge in [0.15, 0.2) is 5.76 Å². The lowest BCUT2D eigenvalue weighted by Crippen LogP contribution is -1.99. The minimum absolute atomic E-state index is 0.0305. The van der Waals surface area contributed by atoms with Gasteiger partial charge in [-0.3, -0.25) is 19.9 Å². The van der Waals surface area contributed by atoms with Crippen LogP contribution >= 0.6 is 0 Å². The lowest BCUT2D eigenvalue weighted by atomic mass is 10.1. The third-order valence-corrected chi connectivity index (χ3v) is 4.58. The van der Waals surface area contributed by atoms with Crippen molar-refractivity contribution in [3.63, 3.8) is 0 Å². The first-order valence-corrected chi connectivity index (χ1v) is 8.87. The number of ketones is 1. The number of rotatable bonds is 5. The third-order valence-electron chi connectivity index (χ3n) is 4.58. The number of ether oxygens (including phenoxy) is 2. The lowest BCUT2D eigenvalue weighted by Gasteiger charge is -2.11. The molecule has 1 aromatic heterocycles. The fraction of sp³-hybridized carbons (Fsp3) is 0.0909. The molecule has 3 aromatic rings. The minimum atomic E-state index is -0.444. The number of benzene rings is 2. The van der Waals surface area contributed by atoms with Crippen molar-refractivity contribution in [1.82, 2.24) is 4.98 Å². The van der Waals surface area contributed by atoms with Gasteiger partial charge >= 0.3 is 0 Å². The molecule has 0 spiro atoms. The summed E-state index contributed by atoms with van der Waals surface area (Å²) in [7, 11) is 0. The molecule has 2 aromatic carbocycles. The van der Waals surface area contributed by atoms with E-state index < -0.39 is 4.92 Å². The van der Waals surface area contributed by atoms with Gasteiger partial charge < -0.3 is 9.47 Å². The van der Waals surface area contributed by atoms with Gasteiger partial charge in [-0.15, -0.1) is 0 Å². The second kappa shape index (κ2) is 7.55. The van der Waals surface area contributed by atoms with Gasteiger partial charge in [-0.2, -0.15) is 0 Å². The summed E-state index contributed by atoms with van der Waals surface area (Å²) >= 11 is 0. The van der Waals surface area contributed by atoms with E-state index in [1.807, 2.05) is 6.92 Å². The monoisotopic (exact) mass is 388 g/mol. The lowest BCUT2D eigenvalue weighted by molar-refractivity contribution is -0.384. The highest BCUT2D eigenvalue weighted by Gasteiger charge is 2.30. The number of fused-ring (bicyclic) bond motifs is 1. The van der Waals surface area contributed by atoms with Gasteiger partial charge in [0, 0.05) is 30.1 Å². The first-order valence-electron chi connectivity index (χ1n) is 8.87. The highest BCUT2D eigenvalue weighted by Crippen LogP contribution is 2.39. The van der Waals surface area contributed by atoms with Gasteiger partial charge in [0.05, 0.1) is 10.5 Å². The quantitative estimate of drug-likeness (QED) is 0.363. The predicted octanol–water partition coefficient (Wildman–Crippen LogP) is 4.49. The highest BCUT2D eigenvalue weighted by atomic mass is 16.6. The van der Waals surface area contributed by atoms with Crippen LogP contribution in [0.5, 0.6) is 11.5 Å². The number of hydrogen-bond donors (Lipinski definition) is 0. The van der Waals surface area contributed by atoms with Crippen molar-refractivity contribution in [2.45, 2.75) is 13.5 Å². The fourth-order valence-corrected chi connectivity index (χ4v) is 3.01. The molecule has 7 heteroatoms. The van der Waals surface area contributed by atoms with Crippen molar-refractivity contribution in [2.75, 3.05) is 0 Å². The normalized spacial score (nSPS) is 13.8. The number of nitrogens with zero attached hydrogens (tertiary/aromatic N) is 2. The predicted molar refractivity (Wildman–Crippen MR) is 106 cm³/mol. The topological polar surface area (TPSA) is 91.6 Å². The molecule has 7 nitrogen and oxygen atoms in total. The molecular weight excluding hydrogens is 372 g/mol. The molecule has 0 bridgehead atoms. The van der Waals surface area contributed by atoms with Crippen molar-refractivity contribution in [1.29, 1.82) is 0 Å². The standard InChI is InChI=1S/C22H16N2O5/c1-14-19(28-13-16-2-4-17(5-3-16)24(26)27)7-6-18-21(25)20(29-22(14)18)12-15-8-10-23-11-9-15/h2-12H,13H2,1H3/b20-12-. The second-order valence-corrected chi connectivity index (χ2v) is 6.50. The van der Waals surface area contributed by atoms with Gasteiger partial charge in [0.2, 0.25) is 5.78 Å². The van der Waals surface area contributed by atoms with E-state index in [4.69, 9.17) is 9.47 Å². The Bertz CT molecular complexity index is 1120. The minimum Gasteiger partial charge on any atom is -0.488 e. The molecule has 0 fully saturated rings. The summed E-state index contributed by atoms with van der Waals surface area (Å²) in [5.41, 5.74) is 2.86. The molecule has 0 N–H and O–H groups in total. The van der Waals surface area contributed by atoms with Crippen LogP contribution in [-0.4, -0.2) is 15.7 Å². The summed E-state index contributed by atoms with van der Waals surface area (Å²) in [6.45, 7) is 2.07. The van der Waals surface area contributed by atoms with Gasteiger partial charge in [0.1, 0.15) is 18.1 Å². The van der Waals surface area contributed by atoms with Crippen LogP contribution in [0.2, 0.25) is 0 Å². The van der Waals surface area contributed by atoms with Crippen LogP contribution in [-0.2, 0) is 6.61 Å². The largest absolute Gasteiger partial charge is 0.488 e. The SMILES string of the molecule is Cc1c(OCc2ccc([N+](=O)[O-])cc2)ccc2c1O/C(=C\c1ccncc1)C2=O. The molecule has 0 amide bonds. The number of hydrogen-bond acceptors (Lipinski definition) is 6. The first-order chi connectivity index (χ1) is 14.0. The molecular formula is C22H16N2O5. The molecule has 0 atom stereocenters. The van der Waals surface area contributed by atoms with Gasteiger partial charge in [-0.1, -0.05) is 0 Å². The molecule has 4 rings (SSSR count). The molecule has 0 radical (unpaired) electrons. The van der Waals surface area contributed by atoms with Crippen molar-refractivity contribution in [3.8, 4) is 11.5 Å². The Morgan fingerprint density at radius 2 is 1.83 bits per heavy atom. The first kappa shape index (κ1) is 18.4. The van der Waals surface area contributed by atoms with Crippen LogP contribution in [0.4, 0.5) is 5.69 Å². The Morgan fingerprint density at radius 3 is 2.52 bits per heavy atom. The number of carbonyl (C=O) groups excluding carboxylic acids is 1. The Labute approximate surface area is 166 Å². The van der Waals surface area contributed by atoms with E-state index in [2.05, 4.69) is 4.98 Å². The van der Waals surface area contributed by atoms with Crippen LogP contribution < -0.4 is 9.47 Å². The van der Waals surface area contributed by atoms with Crippen LogP contribution in [0.25, 0.3) is 6.08 Å². The van der Waals surface area contributed by atoms with Crippen molar-refractivity contribution >= 4 is 17.5 Å². The molecule has 1 aliphatic rings. The Kier molecular flexibility index (Phi) is 4.78. The van der Waals surface area contributed by atoms with Gasteiger partial charge in [-0.05, 0) is 60.5 Å². The number of carbonyl (C=O) groups is 1. The summed E-state index contributed by atoms with van der Waals surface area (Å²) in [5.74, 6) is 1.14. The number of nitro groups is 1. The van der Waals surface area contributed by atoms with E-state index in [0.717, 1.165) is 16.7 Å². The van der Waals surface area contributed by atoms with E-state index in [9.17, 15) is 14.9 Å². The number of nitro benzene ring substituents is 1. The second-order valence-electron chi connectivity index (χ2n) is 6.50. The van der Waals surface area contributed by atoms with E-state index in [1.54, 1.807) is 54.9 Å². The molecule has 1 aliphatic heterocycles. The van der Waals surface area contributed by atoms with Crippen LogP contribution in [0.1, 0.15) is 27.0 Å². The Hall–Kier alpha value is -4.00. The summed E-state index contributed by atoms with van der Waals surface area (Å²) < 4.78 is 11.7. The van der Waals surface area contributed by atoms with E-state index in [1.165, 1.54) is 12.1 Å². The van der Waals surface area contributed by atoms with Crippen molar-refractivity contribution < 1.29 is 19.2 Å². The van der Waals surface area contributed by atoms with E-state index >= 15 is 0 Å². The van der Waals surface area contributed by atoms with Gasteiger partial charge in [0.25, 0.3) is 5.69 Å². The summed E-state index contributed by atoms with van der Waals surface area (Å²) in [6, 6.07) is 13.2. The summed E-state index contributed by atoms with van der Waals surface area (Å²) in [5, 5.41) is 10.7. The Balaban J connectivity index is 1.53. The maximum Gasteiger partial charge on any atom is 0.269 e. The van der Waals surface area contributed by atoms with Gasteiger partial charge in [-0.25, -0.2) is 0 Å². The molecule has 2 heterocycles. The van der Waals surface area contributed by atoms with Crippen molar-refractivity contribution in [3.05, 3.63) is 99.1 Å². The zero-order chi connectivity index (χ0) is 20.4. The van der Waals surface area contributed by atoms with Crippen molar-refractivity contribution in [2.24, 2.45) is 0 Å². The molecule has 0 unspecified atom stereocenters. The zero-order valence-corrected chi connectivity index (χ0v) is 15.5. The highest BCUT2D eigenvalue weighted by molar-refractivity contribution is 6.14. The average Bonchev–Trinajstić information content (AvgIpc) is 3.05. The molecule has 0 aliphatic carbocycles.